The van der Waals surface area contributed by atoms with E-state index in [2.05, 4.69) is 12.2 Å². The van der Waals surface area contributed by atoms with Gasteiger partial charge in [-0.2, -0.15) is 0 Å². The molecule has 0 aromatic rings. The van der Waals surface area contributed by atoms with E-state index in [0.717, 1.165) is 37.6 Å². The minimum absolute atomic E-state index is 0.214. The summed E-state index contributed by atoms with van der Waals surface area (Å²) in [5, 5.41) is 3.10. The summed E-state index contributed by atoms with van der Waals surface area (Å²) < 4.78 is 0. The van der Waals surface area contributed by atoms with Crippen LogP contribution < -0.4 is 11.1 Å². The van der Waals surface area contributed by atoms with Crippen molar-refractivity contribution >= 4 is 5.91 Å². The molecule has 3 nitrogen and oxygen atoms in total. The summed E-state index contributed by atoms with van der Waals surface area (Å²) in [7, 11) is 0. The molecular weight excluding hydrogens is 236 g/mol. The average Bonchev–Trinajstić information content (AvgIpc) is 2.75. The van der Waals surface area contributed by atoms with Gasteiger partial charge in [0.05, 0.1) is 0 Å². The molecule has 19 heavy (non-hydrogen) atoms. The molecule has 2 unspecified atom stereocenters. The maximum absolute atomic E-state index is 11.9. The van der Waals surface area contributed by atoms with Gasteiger partial charge in [0, 0.05) is 19.0 Å². The molecule has 2 saturated carbocycles. The van der Waals surface area contributed by atoms with Crippen LogP contribution in [0.2, 0.25) is 0 Å². The lowest BCUT2D eigenvalue weighted by Gasteiger charge is -2.26. The van der Waals surface area contributed by atoms with Crippen LogP contribution in [0.4, 0.5) is 0 Å². The zero-order valence-corrected chi connectivity index (χ0v) is 12.4. The molecule has 3 heteroatoms. The number of amides is 1. The highest BCUT2D eigenvalue weighted by Crippen LogP contribution is 2.30. The molecule has 0 aliphatic heterocycles. The third-order valence-electron chi connectivity index (χ3n) is 5.09. The van der Waals surface area contributed by atoms with Crippen LogP contribution in [0.5, 0.6) is 0 Å². The third-order valence-corrected chi connectivity index (χ3v) is 5.09. The number of hydrogen-bond acceptors (Lipinski definition) is 2. The summed E-state index contributed by atoms with van der Waals surface area (Å²) in [4.78, 5) is 11.9. The molecule has 0 spiro atoms. The second kappa shape index (κ2) is 7.28. The Morgan fingerprint density at radius 3 is 2.68 bits per heavy atom. The van der Waals surface area contributed by atoms with Crippen molar-refractivity contribution in [3.63, 3.8) is 0 Å². The lowest BCUT2D eigenvalue weighted by atomic mass is 9.81. The van der Waals surface area contributed by atoms with Crippen molar-refractivity contribution in [2.45, 2.75) is 70.8 Å². The Kier molecular flexibility index (Phi) is 5.68. The smallest absolute Gasteiger partial charge is 0.220 e. The van der Waals surface area contributed by atoms with Gasteiger partial charge >= 0.3 is 0 Å². The fourth-order valence-electron chi connectivity index (χ4n) is 3.87. The van der Waals surface area contributed by atoms with Gasteiger partial charge in [-0.1, -0.05) is 32.6 Å². The molecule has 1 amide bonds. The first-order chi connectivity index (χ1) is 9.15. The monoisotopic (exact) mass is 266 g/mol. The van der Waals surface area contributed by atoms with Crippen molar-refractivity contribution < 1.29 is 4.79 Å². The van der Waals surface area contributed by atoms with Crippen LogP contribution in [0.1, 0.15) is 64.7 Å². The Hall–Kier alpha value is -0.570. The van der Waals surface area contributed by atoms with Crippen molar-refractivity contribution in [3.8, 4) is 0 Å². The first-order valence-electron chi connectivity index (χ1n) is 8.17. The normalized spacial score (nSPS) is 35.3. The molecule has 0 bridgehead atoms. The largest absolute Gasteiger partial charge is 0.356 e. The molecule has 2 rings (SSSR count). The van der Waals surface area contributed by atoms with Gasteiger partial charge in [0.25, 0.3) is 0 Å². The summed E-state index contributed by atoms with van der Waals surface area (Å²) >= 11 is 0. The molecule has 0 heterocycles. The summed E-state index contributed by atoms with van der Waals surface area (Å²) in [6.45, 7) is 3.21. The van der Waals surface area contributed by atoms with Gasteiger partial charge < -0.3 is 11.1 Å². The predicted molar refractivity (Wildman–Crippen MR) is 78.7 cm³/mol. The molecular formula is C16H30N2O. The Morgan fingerprint density at radius 1 is 1.21 bits per heavy atom. The van der Waals surface area contributed by atoms with Crippen molar-refractivity contribution in [3.05, 3.63) is 0 Å². The molecule has 0 saturated heterocycles. The van der Waals surface area contributed by atoms with E-state index in [0.29, 0.717) is 12.3 Å². The Morgan fingerprint density at radius 2 is 2.00 bits per heavy atom. The predicted octanol–water partition coefficient (Wildman–Crippen LogP) is 2.84. The first-order valence-corrected chi connectivity index (χ1v) is 8.17. The molecule has 3 N–H and O–H groups in total. The van der Waals surface area contributed by atoms with Gasteiger partial charge in [0.1, 0.15) is 0 Å². The summed E-state index contributed by atoms with van der Waals surface area (Å²) in [6, 6.07) is 0.255. The molecule has 2 aliphatic rings. The Labute approximate surface area is 117 Å². The minimum Gasteiger partial charge on any atom is -0.356 e. The van der Waals surface area contributed by atoms with Crippen LogP contribution in [-0.2, 0) is 4.79 Å². The number of rotatable bonds is 5. The summed E-state index contributed by atoms with van der Waals surface area (Å²) in [5.74, 6) is 2.35. The first kappa shape index (κ1) is 14.8. The topological polar surface area (TPSA) is 55.1 Å². The van der Waals surface area contributed by atoms with Gasteiger partial charge in [0.2, 0.25) is 5.91 Å². The summed E-state index contributed by atoms with van der Waals surface area (Å²) in [5.41, 5.74) is 6.01. The molecule has 110 valence electrons. The molecule has 0 aromatic heterocycles. The Bertz CT molecular complexity index is 292. The van der Waals surface area contributed by atoms with E-state index < -0.39 is 0 Å². The number of nitrogens with two attached hydrogens (primary N) is 1. The SMILES string of the molecule is CC1CCCC(CCNC(=O)C[C@@H]2CCC[C@H]2N)C1. The van der Waals surface area contributed by atoms with E-state index in [9.17, 15) is 4.79 Å². The van der Waals surface area contributed by atoms with Gasteiger partial charge in [-0.05, 0) is 43.4 Å². The fourth-order valence-corrected chi connectivity index (χ4v) is 3.87. The molecule has 0 aromatic carbocycles. The van der Waals surface area contributed by atoms with Gasteiger partial charge in [-0.25, -0.2) is 0 Å². The average molecular weight is 266 g/mol. The maximum Gasteiger partial charge on any atom is 0.220 e. The van der Waals surface area contributed by atoms with E-state index >= 15 is 0 Å². The van der Waals surface area contributed by atoms with E-state index in [1.165, 1.54) is 32.1 Å². The molecule has 4 atom stereocenters. The highest BCUT2D eigenvalue weighted by atomic mass is 16.1. The van der Waals surface area contributed by atoms with Crippen LogP contribution in [0.15, 0.2) is 0 Å². The van der Waals surface area contributed by atoms with Crippen LogP contribution >= 0.6 is 0 Å². The van der Waals surface area contributed by atoms with Crippen LogP contribution in [0, 0.1) is 17.8 Å². The van der Waals surface area contributed by atoms with Gasteiger partial charge in [-0.3, -0.25) is 4.79 Å². The molecule has 2 aliphatic carbocycles. The van der Waals surface area contributed by atoms with Crippen molar-refractivity contribution in [1.82, 2.24) is 5.32 Å². The minimum atomic E-state index is 0.214. The molecule has 2 fully saturated rings. The maximum atomic E-state index is 11.9. The van der Waals surface area contributed by atoms with E-state index in [-0.39, 0.29) is 11.9 Å². The van der Waals surface area contributed by atoms with Crippen LogP contribution in [0.3, 0.4) is 0 Å². The highest BCUT2D eigenvalue weighted by molar-refractivity contribution is 5.76. The van der Waals surface area contributed by atoms with Crippen LogP contribution in [-0.4, -0.2) is 18.5 Å². The number of hydrogen-bond donors (Lipinski definition) is 2. The lowest BCUT2D eigenvalue weighted by Crippen LogP contribution is -2.32. The standard InChI is InChI=1S/C16H30N2O/c1-12-4-2-5-13(10-12)8-9-18-16(19)11-14-6-3-7-15(14)17/h12-15H,2-11,17H2,1H3,(H,18,19)/t12?,13?,14-,15+/m0/s1. The fraction of sp³-hybridized carbons (Fsp3) is 0.938. The number of carbonyl (C=O) groups excluding carboxylic acids is 1. The van der Waals surface area contributed by atoms with Gasteiger partial charge in [0.15, 0.2) is 0 Å². The molecule has 0 radical (unpaired) electrons. The Balaban J connectivity index is 1.58. The van der Waals surface area contributed by atoms with E-state index in [1.54, 1.807) is 0 Å². The second-order valence-corrected chi connectivity index (χ2v) is 6.84. The van der Waals surface area contributed by atoms with Crippen molar-refractivity contribution in [1.29, 1.82) is 0 Å². The number of carbonyl (C=O) groups is 1. The van der Waals surface area contributed by atoms with Gasteiger partial charge in [-0.15, -0.1) is 0 Å². The van der Waals surface area contributed by atoms with Crippen molar-refractivity contribution in [2.24, 2.45) is 23.5 Å². The zero-order chi connectivity index (χ0) is 13.7. The zero-order valence-electron chi connectivity index (χ0n) is 12.4. The van der Waals surface area contributed by atoms with Crippen molar-refractivity contribution in [2.75, 3.05) is 6.54 Å². The van der Waals surface area contributed by atoms with Crippen LogP contribution in [0.25, 0.3) is 0 Å². The van der Waals surface area contributed by atoms with E-state index in [4.69, 9.17) is 5.73 Å². The number of nitrogens with one attached hydrogen (secondary N) is 1. The lowest BCUT2D eigenvalue weighted by molar-refractivity contribution is -0.122. The third kappa shape index (κ3) is 4.79. The van der Waals surface area contributed by atoms with E-state index in [1.807, 2.05) is 0 Å². The second-order valence-electron chi connectivity index (χ2n) is 6.84. The summed E-state index contributed by atoms with van der Waals surface area (Å²) in [6.07, 6.45) is 10.7. The highest BCUT2D eigenvalue weighted by Gasteiger charge is 2.26. The quantitative estimate of drug-likeness (QED) is 0.804.